The van der Waals surface area contributed by atoms with Crippen molar-refractivity contribution in [3.8, 4) is 0 Å². The molecule has 1 amide bonds. The third-order valence-electron chi connectivity index (χ3n) is 2.17. The summed E-state index contributed by atoms with van der Waals surface area (Å²) in [4.78, 5) is 21.5. The number of carbonyl (C=O) groups excluding carboxylic acids is 2. The smallest absolute Gasteiger partial charge is 0.250 e. The van der Waals surface area contributed by atoms with Gasteiger partial charge in [0.2, 0.25) is 0 Å². The average Bonchev–Trinajstić information content (AvgIpc) is 2.27. The Labute approximate surface area is 110 Å². The molecule has 0 bridgehead atoms. The molecule has 0 spiro atoms. The van der Waals surface area contributed by atoms with E-state index in [1.54, 1.807) is 0 Å². The third-order valence-corrected chi connectivity index (χ3v) is 3.77. The van der Waals surface area contributed by atoms with Crippen molar-refractivity contribution in [2.24, 2.45) is 0 Å². The number of hydrogen-bond acceptors (Lipinski definition) is 5. The summed E-state index contributed by atoms with van der Waals surface area (Å²) in [6, 6.07) is 5.16. The molecular weight excluding hydrogens is 270 g/mol. The summed E-state index contributed by atoms with van der Waals surface area (Å²) in [6.07, 6.45) is 0. The van der Waals surface area contributed by atoms with Gasteiger partial charge in [-0.1, -0.05) is 6.58 Å². The lowest BCUT2D eigenvalue weighted by Crippen LogP contribution is -2.30. The number of anilines is 1. The Hall–Kier alpha value is -2.15. The number of aliphatic carboxylic acids is 1. The standard InChI is InChI=1S/C12H13NO5S/c1-8(2)12(16)13-9-3-5-10(6-4-9)19(17,18)7-11(14)15/h3-6H,1,7H2,2H3,(H,13,16)(H,14,15)/p-1. The van der Waals surface area contributed by atoms with Crippen molar-refractivity contribution in [1.29, 1.82) is 0 Å². The monoisotopic (exact) mass is 282 g/mol. The molecule has 0 saturated carbocycles. The molecule has 102 valence electrons. The zero-order chi connectivity index (χ0) is 14.6. The molecule has 0 aliphatic carbocycles. The van der Waals surface area contributed by atoms with E-state index in [0.717, 1.165) is 0 Å². The van der Waals surface area contributed by atoms with Gasteiger partial charge < -0.3 is 15.2 Å². The molecule has 19 heavy (non-hydrogen) atoms. The van der Waals surface area contributed by atoms with Crippen LogP contribution in [0.4, 0.5) is 5.69 Å². The number of carboxylic acid groups (broad SMARTS) is 1. The average molecular weight is 282 g/mol. The van der Waals surface area contributed by atoms with Crippen LogP contribution in [-0.4, -0.2) is 26.0 Å². The first-order chi connectivity index (χ1) is 8.72. The number of hydrogen-bond donors (Lipinski definition) is 1. The van der Waals surface area contributed by atoms with Crippen LogP contribution in [0.1, 0.15) is 6.92 Å². The number of amides is 1. The topological polar surface area (TPSA) is 103 Å². The van der Waals surface area contributed by atoms with Crippen molar-refractivity contribution >= 4 is 27.4 Å². The van der Waals surface area contributed by atoms with Crippen molar-refractivity contribution in [1.82, 2.24) is 0 Å². The maximum atomic E-state index is 11.6. The minimum Gasteiger partial charge on any atom is -0.549 e. The quantitative estimate of drug-likeness (QED) is 0.748. The first-order valence-corrected chi connectivity index (χ1v) is 6.87. The molecule has 0 heterocycles. The first kappa shape index (κ1) is 14.9. The van der Waals surface area contributed by atoms with Gasteiger partial charge in [0, 0.05) is 11.3 Å². The molecule has 0 atom stereocenters. The molecule has 0 unspecified atom stereocenters. The first-order valence-electron chi connectivity index (χ1n) is 5.22. The van der Waals surface area contributed by atoms with Gasteiger partial charge in [0.1, 0.15) is 0 Å². The Morgan fingerprint density at radius 2 is 1.79 bits per heavy atom. The summed E-state index contributed by atoms with van der Waals surface area (Å²) in [5.74, 6) is -3.13. The van der Waals surface area contributed by atoms with Crippen LogP contribution in [0.5, 0.6) is 0 Å². The molecule has 0 aromatic heterocycles. The van der Waals surface area contributed by atoms with Crippen molar-refractivity contribution in [3.63, 3.8) is 0 Å². The van der Waals surface area contributed by atoms with Crippen molar-refractivity contribution in [3.05, 3.63) is 36.4 Å². The van der Waals surface area contributed by atoms with Crippen LogP contribution in [0, 0.1) is 0 Å². The number of rotatable bonds is 5. The van der Waals surface area contributed by atoms with Crippen molar-refractivity contribution < 1.29 is 23.1 Å². The molecule has 1 N–H and O–H groups in total. The lowest BCUT2D eigenvalue weighted by Gasteiger charge is -2.07. The fraction of sp³-hybridized carbons (Fsp3) is 0.167. The van der Waals surface area contributed by atoms with E-state index in [9.17, 15) is 23.1 Å². The predicted molar refractivity (Wildman–Crippen MR) is 66.9 cm³/mol. The van der Waals surface area contributed by atoms with Crippen LogP contribution < -0.4 is 10.4 Å². The van der Waals surface area contributed by atoms with Crippen LogP contribution >= 0.6 is 0 Å². The van der Waals surface area contributed by atoms with E-state index in [-0.39, 0.29) is 10.8 Å². The van der Waals surface area contributed by atoms with E-state index in [2.05, 4.69) is 11.9 Å². The predicted octanol–water partition coefficient (Wildman–Crippen LogP) is -0.275. The number of sulfone groups is 1. The van der Waals surface area contributed by atoms with E-state index < -0.39 is 21.6 Å². The van der Waals surface area contributed by atoms with E-state index in [1.165, 1.54) is 31.2 Å². The van der Waals surface area contributed by atoms with Crippen LogP contribution in [0.2, 0.25) is 0 Å². The van der Waals surface area contributed by atoms with Gasteiger partial charge in [-0.3, -0.25) is 4.79 Å². The number of nitrogens with one attached hydrogen (secondary N) is 1. The molecule has 0 aliphatic rings. The Kier molecular flexibility index (Phi) is 4.44. The Morgan fingerprint density at radius 3 is 2.21 bits per heavy atom. The third kappa shape index (κ3) is 4.22. The number of carboxylic acids is 1. The van der Waals surface area contributed by atoms with Crippen LogP contribution in [0.3, 0.4) is 0 Å². The fourth-order valence-corrected chi connectivity index (χ4v) is 2.25. The highest BCUT2D eigenvalue weighted by Gasteiger charge is 2.14. The van der Waals surface area contributed by atoms with Crippen molar-refractivity contribution in [2.75, 3.05) is 11.1 Å². The van der Waals surface area contributed by atoms with Gasteiger partial charge in [-0.25, -0.2) is 8.42 Å². The van der Waals surface area contributed by atoms with E-state index in [1.807, 2.05) is 0 Å². The van der Waals surface area contributed by atoms with Gasteiger partial charge in [0.25, 0.3) is 5.91 Å². The zero-order valence-electron chi connectivity index (χ0n) is 10.2. The summed E-state index contributed by atoms with van der Waals surface area (Å²) < 4.78 is 23.1. The Balaban J connectivity index is 2.91. The van der Waals surface area contributed by atoms with Crippen LogP contribution in [-0.2, 0) is 19.4 Å². The molecule has 0 aliphatic heterocycles. The minimum absolute atomic E-state index is 0.148. The maximum absolute atomic E-state index is 11.6. The summed E-state index contributed by atoms with van der Waals surface area (Å²) in [5, 5.41) is 12.8. The number of carbonyl (C=O) groups is 2. The molecule has 1 aromatic rings. The summed E-state index contributed by atoms with van der Waals surface area (Å²) in [7, 11) is -3.91. The lowest BCUT2D eigenvalue weighted by atomic mass is 10.3. The highest BCUT2D eigenvalue weighted by Crippen LogP contribution is 2.15. The molecule has 7 heteroatoms. The summed E-state index contributed by atoms with van der Waals surface area (Å²) in [5.41, 5.74) is 0.703. The van der Waals surface area contributed by atoms with Gasteiger partial charge in [-0.15, -0.1) is 0 Å². The molecule has 6 nitrogen and oxygen atoms in total. The molecule has 0 fully saturated rings. The summed E-state index contributed by atoms with van der Waals surface area (Å²) in [6.45, 7) is 5.00. The maximum Gasteiger partial charge on any atom is 0.250 e. The fourth-order valence-electron chi connectivity index (χ4n) is 1.22. The molecule has 0 radical (unpaired) electrons. The normalized spacial score (nSPS) is 10.8. The lowest BCUT2D eigenvalue weighted by molar-refractivity contribution is -0.301. The highest BCUT2D eigenvalue weighted by molar-refractivity contribution is 7.92. The van der Waals surface area contributed by atoms with Gasteiger partial charge >= 0.3 is 0 Å². The van der Waals surface area contributed by atoms with Gasteiger partial charge in [0.15, 0.2) is 9.84 Å². The number of benzene rings is 1. The second-order valence-electron chi connectivity index (χ2n) is 3.89. The molecule has 1 rings (SSSR count). The second kappa shape index (κ2) is 5.66. The second-order valence-corrected chi connectivity index (χ2v) is 5.88. The summed E-state index contributed by atoms with van der Waals surface area (Å²) >= 11 is 0. The van der Waals surface area contributed by atoms with E-state index >= 15 is 0 Å². The largest absolute Gasteiger partial charge is 0.549 e. The zero-order valence-corrected chi connectivity index (χ0v) is 11.0. The SMILES string of the molecule is C=C(C)C(=O)Nc1ccc(S(=O)(=O)CC(=O)[O-])cc1. The van der Waals surface area contributed by atoms with Crippen molar-refractivity contribution in [2.45, 2.75) is 11.8 Å². The molecular formula is C12H12NO5S-. The van der Waals surface area contributed by atoms with Gasteiger partial charge in [-0.05, 0) is 31.2 Å². The van der Waals surface area contributed by atoms with Crippen LogP contribution in [0.15, 0.2) is 41.3 Å². The van der Waals surface area contributed by atoms with Crippen LogP contribution in [0.25, 0.3) is 0 Å². The minimum atomic E-state index is -3.91. The van der Waals surface area contributed by atoms with Gasteiger partial charge in [-0.2, -0.15) is 0 Å². The Bertz CT molecular complexity index is 616. The van der Waals surface area contributed by atoms with Gasteiger partial charge in [0.05, 0.1) is 16.6 Å². The van der Waals surface area contributed by atoms with E-state index in [4.69, 9.17) is 0 Å². The highest BCUT2D eigenvalue weighted by atomic mass is 32.2. The Morgan fingerprint density at radius 1 is 1.26 bits per heavy atom. The molecule has 0 saturated heterocycles. The molecule has 1 aromatic carbocycles. The van der Waals surface area contributed by atoms with E-state index in [0.29, 0.717) is 11.3 Å².